The summed E-state index contributed by atoms with van der Waals surface area (Å²) in [6.07, 6.45) is -1.11. The second-order valence-electron chi connectivity index (χ2n) is 13.2. The maximum absolute atomic E-state index is 13.7. The fourth-order valence-electron chi connectivity index (χ4n) is 5.62. The molecule has 310 valence electrons. The Labute approximate surface area is 325 Å². The van der Waals surface area contributed by atoms with E-state index in [4.69, 9.17) is 14.2 Å². The van der Waals surface area contributed by atoms with Crippen molar-refractivity contribution in [2.45, 2.75) is 77.8 Å². The lowest BCUT2D eigenvalue weighted by Gasteiger charge is -2.29. The van der Waals surface area contributed by atoms with Crippen LogP contribution in [0.3, 0.4) is 0 Å². The Balaban J connectivity index is 1.25. The molecule has 0 radical (unpaired) electrons. The van der Waals surface area contributed by atoms with Gasteiger partial charge in [0.05, 0.1) is 38.3 Å². The van der Waals surface area contributed by atoms with Gasteiger partial charge in [0.1, 0.15) is 0 Å². The highest BCUT2D eigenvalue weighted by atomic mass is 19.4. The molecule has 2 heterocycles. The van der Waals surface area contributed by atoms with Crippen LogP contribution in [0.4, 0.5) is 29.6 Å². The highest BCUT2D eigenvalue weighted by Crippen LogP contribution is 2.34. The summed E-state index contributed by atoms with van der Waals surface area (Å²) in [5, 5.41) is 10.4. The number of nitrogens with zero attached hydrogens (tertiary/aromatic N) is 4. The summed E-state index contributed by atoms with van der Waals surface area (Å²) >= 11 is 0. The molecule has 4 rings (SSSR count). The summed E-state index contributed by atoms with van der Waals surface area (Å²) < 4.78 is 57.7. The molecule has 0 atom stereocenters. The Morgan fingerprint density at radius 3 is 2.25 bits per heavy atom. The molecular formula is C36H46F3N9O9. The second-order valence-corrected chi connectivity index (χ2v) is 13.2. The number of aromatic amines is 1. The van der Waals surface area contributed by atoms with Crippen molar-refractivity contribution in [3.8, 4) is 0 Å². The molecule has 1 fully saturated rings. The molecule has 21 heteroatoms. The number of benzene rings is 1. The van der Waals surface area contributed by atoms with Gasteiger partial charge in [-0.1, -0.05) is 13.8 Å². The van der Waals surface area contributed by atoms with Crippen LogP contribution in [0, 0.1) is 5.92 Å². The standard InChI is InChI=1S/C36H46F3N9O9/c1-4-55-34(54)42-17-19-57-35(13-5-6-14-35)56-18-16-40-26(49)8-7-15-41-30(51)23-9-11-25(12-10-23)48(32(53)36(37,38)39)21-24-20-43-28-27(44-24)31(52)47-33(45-28)46-29(50)22(2)3/h9-12,20,22H,4-8,13-19,21H2,1-3H3,(H,40,49)(H,41,51)(H,42,54)(H2,43,45,46,47,50,52). The summed E-state index contributed by atoms with van der Waals surface area (Å²) in [5.74, 6) is -4.84. The first-order chi connectivity index (χ1) is 27.1. The van der Waals surface area contributed by atoms with Gasteiger partial charge >= 0.3 is 18.2 Å². The number of carbonyl (C=O) groups excluding carboxylic acids is 5. The van der Waals surface area contributed by atoms with Crippen molar-refractivity contribution in [2.24, 2.45) is 5.92 Å². The molecule has 0 aliphatic heterocycles. The smallest absolute Gasteiger partial charge is 0.450 e. The normalized spacial score (nSPS) is 13.6. The van der Waals surface area contributed by atoms with E-state index in [1.54, 1.807) is 20.8 Å². The number of fused-ring (bicyclic) bond motifs is 1. The van der Waals surface area contributed by atoms with Gasteiger partial charge in [-0.05, 0) is 50.5 Å². The predicted octanol–water partition coefficient (Wildman–Crippen LogP) is 3.08. The number of alkyl carbamates (subject to hydrolysis) is 1. The molecule has 2 aromatic heterocycles. The van der Waals surface area contributed by atoms with Gasteiger partial charge in [-0.25, -0.2) is 14.8 Å². The zero-order valence-electron chi connectivity index (χ0n) is 31.8. The first-order valence-corrected chi connectivity index (χ1v) is 18.4. The molecule has 1 aromatic carbocycles. The van der Waals surface area contributed by atoms with Crippen LogP contribution in [0.1, 0.15) is 75.3 Å². The Morgan fingerprint density at radius 2 is 1.61 bits per heavy atom. The van der Waals surface area contributed by atoms with E-state index in [1.165, 1.54) is 12.1 Å². The van der Waals surface area contributed by atoms with E-state index < -0.39 is 53.8 Å². The number of H-pyrrole nitrogens is 1. The summed E-state index contributed by atoms with van der Waals surface area (Å²) in [6.45, 7) is 5.58. The zero-order chi connectivity index (χ0) is 41.6. The number of rotatable bonds is 19. The van der Waals surface area contributed by atoms with Crippen LogP contribution in [0.5, 0.6) is 0 Å². The first-order valence-electron chi connectivity index (χ1n) is 18.4. The average Bonchev–Trinajstić information content (AvgIpc) is 3.64. The third-order valence-electron chi connectivity index (χ3n) is 8.52. The van der Waals surface area contributed by atoms with Gasteiger partial charge in [-0.3, -0.25) is 39.2 Å². The van der Waals surface area contributed by atoms with Gasteiger partial charge in [-0.2, -0.15) is 18.2 Å². The fourth-order valence-corrected chi connectivity index (χ4v) is 5.62. The van der Waals surface area contributed by atoms with Crippen molar-refractivity contribution in [2.75, 3.05) is 49.7 Å². The maximum Gasteiger partial charge on any atom is 0.471 e. The summed E-state index contributed by atoms with van der Waals surface area (Å²) in [5.41, 5.74) is -1.63. The van der Waals surface area contributed by atoms with Crippen LogP contribution in [0.15, 0.2) is 35.3 Å². The quantitative estimate of drug-likeness (QED) is 0.0869. The molecule has 0 unspecified atom stereocenters. The molecule has 57 heavy (non-hydrogen) atoms. The minimum Gasteiger partial charge on any atom is -0.450 e. The van der Waals surface area contributed by atoms with Crippen molar-refractivity contribution in [1.82, 2.24) is 35.9 Å². The largest absolute Gasteiger partial charge is 0.471 e. The maximum atomic E-state index is 13.7. The summed E-state index contributed by atoms with van der Waals surface area (Å²) in [4.78, 5) is 88.4. The van der Waals surface area contributed by atoms with Crippen molar-refractivity contribution in [3.05, 3.63) is 52.1 Å². The minimum atomic E-state index is -5.28. The minimum absolute atomic E-state index is 0.0861. The molecular weight excluding hydrogens is 759 g/mol. The molecule has 5 N–H and O–H groups in total. The lowest BCUT2D eigenvalue weighted by atomic mass is 10.1. The third kappa shape index (κ3) is 13.2. The van der Waals surface area contributed by atoms with Gasteiger partial charge in [0.2, 0.25) is 17.8 Å². The van der Waals surface area contributed by atoms with Gasteiger partial charge in [0, 0.05) is 56.1 Å². The lowest BCUT2D eigenvalue weighted by molar-refractivity contribution is -0.230. The Kier molecular flexibility index (Phi) is 15.8. The Morgan fingerprint density at radius 1 is 0.947 bits per heavy atom. The first kappa shape index (κ1) is 44.0. The second kappa shape index (κ2) is 20.5. The monoisotopic (exact) mass is 805 g/mol. The topological polar surface area (TPSA) is 236 Å². The molecule has 3 aromatic rings. The van der Waals surface area contributed by atoms with E-state index in [2.05, 4.69) is 41.2 Å². The van der Waals surface area contributed by atoms with Crippen LogP contribution in [0.2, 0.25) is 0 Å². The lowest BCUT2D eigenvalue weighted by Crippen LogP contribution is -2.41. The number of anilines is 2. The van der Waals surface area contributed by atoms with Crippen LogP contribution in [-0.4, -0.2) is 101 Å². The number of aromatic nitrogens is 4. The summed E-state index contributed by atoms with van der Waals surface area (Å²) in [7, 11) is 0. The summed E-state index contributed by atoms with van der Waals surface area (Å²) in [6, 6.07) is 4.78. The highest BCUT2D eigenvalue weighted by Gasteiger charge is 2.43. The van der Waals surface area contributed by atoms with Gasteiger partial charge < -0.3 is 30.2 Å². The van der Waals surface area contributed by atoms with E-state index in [1.807, 2.05) is 0 Å². The number of ether oxygens (including phenoxy) is 3. The third-order valence-corrected chi connectivity index (χ3v) is 8.52. The molecule has 5 amide bonds. The van der Waals surface area contributed by atoms with E-state index in [9.17, 15) is 41.9 Å². The molecule has 0 bridgehead atoms. The van der Waals surface area contributed by atoms with Crippen molar-refractivity contribution >= 4 is 52.5 Å². The Bertz CT molecular complexity index is 1940. The zero-order valence-corrected chi connectivity index (χ0v) is 31.8. The molecule has 1 aliphatic rings. The molecule has 1 aliphatic carbocycles. The van der Waals surface area contributed by atoms with E-state index in [0.29, 0.717) is 24.2 Å². The van der Waals surface area contributed by atoms with Crippen molar-refractivity contribution in [1.29, 1.82) is 0 Å². The van der Waals surface area contributed by atoms with Gasteiger partial charge in [0.25, 0.3) is 11.5 Å². The number of alkyl halides is 3. The SMILES string of the molecule is CCOC(=O)NCCOC1(OCCNC(=O)CCCNC(=O)c2ccc(N(Cc3cnc4nc(NC(=O)C(C)C)[nH]c(=O)c4n3)C(=O)C(F)(F)F)cc2)CCCC1. The number of hydrogen-bond acceptors (Lipinski definition) is 12. The van der Waals surface area contributed by atoms with Crippen LogP contribution < -0.4 is 31.7 Å². The number of amides is 5. The van der Waals surface area contributed by atoms with Crippen LogP contribution in [0.25, 0.3) is 11.2 Å². The van der Waals surface area contributed by atoms with Crippen molar-refractivity contribution in [3.63, 3.8) is 0 Å². The number of halogens is 3. The highest BCUT2D eigenvalue weighted by molar-refractivity contribution is 5.98. The van der Waals surface area contributed by atoms with Crippen LogP contribution in [-0.2, 0) is 35.1 Å². The predicted molar refractivity (Wildman–Crippen MR) is 198 cm³/mol. The van der Waals surface area contributed by atoms with Gasteiger partial charge in [-0.15, -0.1) is 0 Å². The van der Waals surface area contributed by atoms with E-state index in [-0.39, 0.29) is 85.8 Å². The molecule has 0 saturated heterocycles. The van der Waals surface area contributed by atoms with E-state index in [0.717, 1.165) is 31.2 Å². The van der Waals surface area contributed by atoms with Crippen molar-refractivity contribution < 1.29 is 51.4 Å². The van der Waals surface area contributed by atoms with Crippen LogP contribution >= 0.6 is 0 Å². The van der Waals surface area contributed by atoms with Gasteiger partial charge in [0.15, 0.2) is 17.0 Å². The molecule has 0 spiro atoms. The number of hydrogen-bond donors (Lipinski definition) is 5. The fraction of sp³-hybridized carbons (Fsp3) is 0.528. The Hall–Kier alpha value is -5.70. The molecule has 1 saturated carbocycles. The molecule has 18 nitrogen and oxygen atoms in total. The van der Waals surface area contributed by atoms with E-state index >= 15 is 0 Å². The number of nitrogens with one attached hydrogen (secondary N) is 5. The number of carbonyl (C=O) groups is 5. The average molecular weight is 806 g/mol.